The molecule has 0 spiro atoms. The molecule has 0 saturated heterocycles. The standard InChI is InChI=1S/C24H21N5O4S/c1-14-8-9-19-18(10-14)22(30)28(3)24-26-25-21(29(19)24)12-32-23(31)17-6-4-5-7-20(17)34-13-16-11-15(2)27-33-16/h4-11H,12-13H2,1-3H3. The quantitative estimate of drug-likeness (QED) is 0.270. The normalized spacial score (nSPS) is 11.4. The molecule has 3 aromatic heterocycles. The van der Waals surface area contributed by atoms with Gasteiger partial charge in [-0.15, -0.1) is 22.0 Å². The van der Waals surface area contributed by atoms with Gasteiger partial charge in [-0.1, -0.05) is 28.9 Å². The third kappa shape index (κ3) is 3.96. The van der Waals surface area contributed by atoms with E-state index < -0.39 is 5.97 Å². The highest BCUT2D eigenvalue weighted by atomic mass is 32.2. The van der Waals surface area contributed by atoms with Crippen molar-refractivity contribution in [3.63, 3.8) is 0 Å². The lowest BCUT2D eigenvalue weighted by Gasteiger charge is -2.10. The van der Waals surface area contributed by atoms with Crippen molar-refractivity contribution in [3.05, 3.63) is 87.3 Å². The molecular weight excluding hydrogens is 454 g/mol. The van der Waals surface area contributed by atoms with Gasteiger partial charge in [-0.2, -0.15) is 0 Å². The van der Waals surface area contributed by atoms with Crippen LogP contribution in [-0.2, 0) is 24.1 Å². The first kappa shape index (κ1) is 21.9. The van der Waals surface area contributed by atoms with Crippen molar-refractivity contribution < 1.29 is 14.1 Å². The number of rotatable bonds is 6. The first-order valence-corrected chi connectivity index (χ1v) is 11.6. The Morgan fingerprint density at radius 3 is 2.74 bits per heavy atom. The van der Waals surface area contributed by atoms with Gasteiger partial charge in [0.25, 0.3) is 5.56 Å². The molecule has 0 amide bonds. The summed E-state index contributed by atoms with van der Waals surface area (Å²) < 4.78 is 14.1. The molecule has 0 N–H and O–H groups in total. The van der Waals surface area contributed by atoms with Crippen LogP contribution in [0.2, 0.25) is 0 Å². The van der Waals surface area contributed by atoms with E-state index in [0.717, 1.165) is 21.9 Å². The molecule has 34 heavy (non-hydrogen) atoms. The third-order valence-electron chi connectivity index (χ3n) is 5.43. The summed E-state index contributed by atoms with van der Waals surface area (Å²) in [6, 6.07) is 14.7. The number of hydrogen-bond acceptors (Lipinski definition) is 8. The lowest BCUT2D eigenvalue weighted by atomic mass is 10.1. The van der Waals surface area contributed by atoms with Gasteiger partial charge in [0.2, 0.25) is 5.78 Å². The van der Waals surface area contributed by atoms with Crippen molar-refractivity contribution in [2.75, 3.05) is 0 Å². The van der Waals surface area contributed by atoms with Crippen molar-refractivity contribution >= 4 is 34.4 Å². The van der Waals surface area contributed by atoms with Crippen LogP contribution in [0.1, 0.15) is 33.2 Å². The molecule has 0 aliphatic heterocycles. The average Bonchev–Trinajstić information content (AvgIpc) is 3.46. The number of aromatic nitrogens is 5. The molecule has 9 nitrogen and oxygen atoms in total. The number of carbonyl (C=O) groups excluding carboxylic acids is 1. The zero-order valence-electron chi connectivity index (χ0n) is 18.8. The summed E-state index contributed by atoms with van der Waals surface area (Å²) in [4.78, 5) is 26.5. The Labute approximate surface area is 198 Å². The van der Waals surface area contributed by atoms with Crippen LogP contribution in [0.4, 0.5) is 0 Å². The minimum atomic E-state index is -0.474. The van der Waals surface area contributed by atoms with Gasteiger partial charge in [-0.3, -0.25) is 13.8 Å². The number of esters is 1. The number of aryl methyl sites for hydroxylation is 3. The summed E-state index contributed by atoms with van der Waals surface area (Å²) in [5.41, 5.74) is 2.74. The number of thioether (sulfide) groups is 1. The monoisotopic (exact) mass is 475 g/mol. The summed E-state index contributed by atoms with van der Waals surface area (Å²) >= 11 is 1.47. The first-order chi connectivity index (χ1) is 16.4. The molecule has 0 aliphatic carbocycles. The van der Waals surface area contributed by atoms with E-state index >= 15 is 0 Å². The summed E-state index contributed by atoms with van der Waals surface area (Å²) in [5.74, 6) is 1.60. The first-order valence-electron chi connectivity index (χ1n) is 10.6. The summed E-state index contributed by atoms with van der Waals surface area (Å²) in [7, 11) is 1.65. The molecular formula is C24H21N5O4S. The van der Waals surface area contributed by atoms with Gasteiger partial charge in [0.1, 0.15) is 5.76 Å². The number of nitrogens with zero attached hydrogens (tertiary/aromatic N) is 5. The van der Waals surface area contributed by atoms with Crippen LogP contribution in [0.5, 0.6) is 0 Å². The predicted molar refractivity (Wildman–Crippen MR) is 127 cm³/mol. The number of ether oxygens (including phenoxy) is 1. The van der Waals surface area contributed by atoms with Gasteiger partial charge in [-0.05, 0) is 38.1 Å². The molecule has 0 atom stereocenters. The maximum Gasteiger partial charge on any atom is 0.339 e. The van der Waals surface area contributed by atoms with Gasteiger partial charge in [0.05, 0.1) is 27.9 Å². The molecule has 5 rings (SSSR count). The molecule has 3 heterocycles. The molecule has 0 unspecified atom stereocenters. The second kappa shape index (κ2) is 8.79. The fourth-order valence-electron chi connectivity index (χ4n) is 3.75. The Bertz CT molecular complexity index is 1600. The van der Waals surface area contributed by atoms with E-state index in [1.807, 2.05) is 50.2 Å². The van der Waals surface area contributed by atoms with Crippen LogP contribution in [0.25, 0.3) is 16.7 Å². The van der Waals surface area contributed by atoms with Gasteiger partial charge < -0.3 is 9.26 Å². The lowest BCUT2D eigenvalue weighted by molar-refractivity contribution is 0.0457. The van der Waals surface area contributed by atoms with Crippen molar-refractivity contribution in [1.82, 2.24) is 24.3 Å². The van der Waals surface area contributed by atoms with Crippen LogP contribution in [0, 0.1) is 13.8 Å². The van der Waals surface area contributed by atoms with Gasteiger partial charge in [0.15, 0.2) is 12.4 Å². The van der Waals surface area contributed by atoms with E-state index in [2.05, 4.69) is 15.4 Å². The molecule has 0 bridgehead atoms. The minimum Gasteiger partial charge on any atom is -0.454 e. The molecule has 0 aliphatic rings. The maximum atomic E-state index is 13.0. The highest BCUT2D eigenvalue weighted by Crippen LogP contribution is 2.27. The molecule has 0 fully saturated rings. The van der Waals surface area contributed by atoms with E-state index in [1.165, 1.54) is 16.3 Å². The molecule has 10 heteroatoms. The fourth-order valence-corrected chi connectivity index (χ4v) is 4.67. The van der Waals surface area contributed by atoms with E-state index in [-0.39, 0.29) is 12.2 Å². The Balaban J connectivity index is 1.41. The topological polar surface area (TPSA) is 105 Å². The number of hydrogen-bond donors (Lipinski definition) is 0. The third-order valence-corrected chi connectivity index (χ3v) is 6.52. The average molecular weight is 476 g/mol. The van der Waals surface area contributed by atoms with Gasteiger partial charge in [0, 0.05) is 18.0 Å². The smallest absolute Gasteiger partial charge is 0.339 e. The van der Waals surface area contributed by atoms with E-state index in [9.17, 15) is 9.59 Å². The maximum absolute atomic E-state index is 13.0. The van der Waals surface area contributed by atoms with Crippen LogP contribution >= 0.6 is 11.8 Å². The number of fused-ring (bicyclic) bond motifs is 3. The number of benzene rings is 2. The minimum absolute atomic E-state index is 0.0958. The largest absolute Gasteiger partial charge is 0.454 e. The van der Waals surface area contributed by atoms with Gasteiger partial charge in [-0.25, -0.2) is 4.79 Å². The zero-order valence-corrected chi connectivity index (χ0v) is 19.6. The van der Waals surface area contributed by atoms with Crippen LogP contribution in [-0.4, -0.2) is 30.3 Å². The van der Waals surface area contributed by atoms with Crippen molar-refractivity contribution in [3.8, 4) is 0 Å². The zero-order chi connectivity index (χ0) is 23.8. The Morgan fingerprint density at radius 1 is 1.12 bits per heavy atom. The second-order valence-electron chi connectivity index (χ2n) is 7.93. The molecule has 0 radical (unpaired) electrons. The van der Waals surface area contributed by atoms with E-state index in [0.29, 0.717) is 33.8 Å². The predicted octanol–water partition coefficient (Wildman–Crippen LogP) is 3.84. The van der Waals surface area contributed by atoms with Crippen molar-refractivity contribution in [1.29, 1.82) is 0 Å². The van der Waals surface area contributed by atoms with Crippen molar-refractivity contribution in [2.45, 2.75) is 31.1 Å². The molecule has 172 valence electrons. The Morgan fingerprint density at radius 2 is 1.94 bits per heavy atom. The molecule has 5 aromatic rings. The molecule has 2 aromatic carbocycles. The Kier molecular flexibility index (Phi) is 5.66. The summed E-state index contributed by atoms with van der Waals surface area (Å²) in [6.07, 6.45) is 0. The fraction of sp³-hybridized carbons (Fsp3) is 0.208. The molecule has 0 saturated carbocycles. The number of carbonyl (C=O) groups is 1. The van der Waals surface area contributed by atoms with Crippen LogP contribution in [0.3, 0.4) is 0 Å². The SMILES string of the molecule is Cc1ccc2c(c1)c(=O)n(C)c1nnc(COC(=O)c3ccccc3SCc3cc(C)no3)n21. The highest BCUT2D eigenvalue weighted by Gasteiger charge is 2.18. The van der Waals surface area contributed by atoms with Crippen molar-refractivity contribution in [2.24, 2.45) is 7.05 Å². The second-order valence-corrected chi connectivity index (χ2v) is 8.95. The van der Waals surface area contributed by atoms with Gasteiger partial charge >= 0.3 is 5.97 Å². The summed E-state index contributed by atoms with van der Waals surface area (Å²) in [5, 5.41) is 12.8. The lowest BCUT2D eigenvalue weighted by Crippen LogP contribution is -2.20. The van der Waals surface area contributed by atoms with E-state index in [1.54, 1.807) is 23.6 Å². The Hall–Kier alpha value is -3.92. The van der Waals surface area contributed by atoms with Crippen LogP contribution in [0.15, 0.2) is 62.7 Å². The van der Waals surface area contributed by atoms with E-state index in [4.69, 9.17) is 9.26 Å². The highest BCUT2D eigenvalue weighted by molar-refractivity contribution is 7.98. The summed E-state index contributed by atoms with van der Waals surface area (Å²) in [6.45, 7) is 3.69. The van der Waals surface area contributed by atoms with Crippen LogP contribution < -0.4 is 5.56 Å².